The largest absolute Gasteiger partial charge is 0.356 e. The molecule has 1 aliphatic heterocycles. The van der Waals surface area contributed by atoms with Gasteiger partial charge in [0.05, 0.1) is 17.1 Å². The molecule has 2 heterocycles. The molecule has 2 aromatic rings. The van der Waals surface area contributed by atoms with E-state index in [1.807, 2.05) is 23.1 Å². The van der Waals surface area contributed by atoms with Crippen molar-refractivity contribution >= 4 is 23.2 Å². The van der Waals surface area contributed by atoms with E-state index in [9.17, 15) is 9.59 Å². The van der Waals surface area contributed by atoms with Gasteiger partial charge in [-0.2, -0.15) is 0 Å². The summed E-state index contributed by atoms with van der Waals surface area (Å²) in [6.07, 6.45) is 3.20. The zero-order valence-electron chi connectivity index (χ0n) is 16.0. The molecule has 1 aliphatic rings. The number of nitrogens with one attached hydrogen (secondary N) is 1. The molecule has 0 saturated carbocycles. The lowest BCUT2D eigenvalue weighted by Gasteiger charge is -2.31. The van der Waals surface area contributed by atoms with Gasteiger partial charge in [-0.25, -0.2) is 4.98 Å². The second-order valence-corrected chi connectivity index (χ2v) is 8.06. The second kappa shape index (κ2) is 9.13. The van der Waals surface area contributed by atoms with Crippen molar-refractivity contribution in [2.24, 2.45) is 0 Å². The minimum atomic E-state index is -0.00631. The number of aryl methyl sites for hydroxylation is 1. The normalized spacial score (nSPS) is 15.0. The zero-order valence-corrected chi connectivity index (χ0v) is 16.8. The summed E-state index contributed by atoms with van der Waals surface area (Å²) in [5.74, 6) is 0.651. The van der Waals surface area contributed by atoms with Gasteiger partial charge in [-0.05, 0) is 30.9 Å². The molecule has 0 aliphatic carbocycles. The van der Waals surface area contributed by atoms with Crippen LogP contribution in [0.5, 0.6) is 0 Å². The Kier molecular flexibility index (Phi) is 6.61. The van der Waals surface area contributed by atoms with E-state index in [1.54, 1.807) is 11.3 Å². The van der Waals surface area contributed by atoms with Gasteiger partial charge in [0.25, 0.3) is 0 Å². The molecule has 1 fully saturated rings. The van der Waals surface area contributed by atoms with Gasteiger partial charge in [-0.3, -0.25) is 9.59 Å². The minimum Gasteiger partial charge on any atom is -0.356 e. The number of rotatable bonds is 6. The average Bonchev–Trinajstić information content (AvgIpc) is 3.12. The first-order valence-electron chi connectivity index (χ1n) is 9.54. The highest BCUT2D eigenvalue weighted by molar-refractivity contribution is 7.09. The Labute approximate surface area is 164 Å². The van der Waals surface area contributed by atoms with Gasteiger partial charge in [-0.1, -0.05) is 24.3 Å². The van der Waals surface area contributed by atoms with Crippen LogP contribution in [0.1, 0.15) is 47.5 Å². The Bertz CT molecular complexity index is 794. The molecule has 1 N–H and O–H groups in total. The number of hydrogen-bond acceptors (Lipinski definition) is 4. The predicted molar refractivity (Wildman–Crippen MR) is 108 cm³/mol. The van der Waals surface area contributed by atoms with Crippen LogP contribution < -0.4 is 5.32 Å². The number of aromatic nitrogens is 1. The van der Waals surface area contributed by atoms with E-state index >= 15 is 0 Å². The second-order valence-electron chi connectivity index (χ2n) is 7.17. The van der Waals surface area contributed by atoms with Crippen LogP contribution in [0.15, 0.2) is 29.6 Å². The van der Waals surface area contributed by atoms with Crippen LogP contribution >= 0.6 is 11.3 Å². The number of likely N-dealkylation sites (tertiary alicyclic amines) is 1. The number of nitrogens with zero attached hydrogens (tertiary/aromatic N) is 2. The third-order valence-corrected chi connectivity index (χ3v) is 6.18. The highest BCUT2D eigenvalue weighted by atomic mass is 32.1. The third-order valence-electron chi connectivity index (χ3n) is 5.12. The number of benzene rings is 1. The van der Waals surface area contributed by atoms with E-state index in [2.05, 4.69) is 23.7 Å². The molecule has 0 unspecified atom stereocenters. The van der Waals surface area contributed by atoms with Crippen molar-refractivity contribution < 1.29 is 9.59 Å². The topological polar surface area (TPSA) is 62.3 Å². The van der Waals surface area contributed by atoms with E-state index in [-0.39, 0.29) is 11.8 Å². The van der Waals surface area contributed by atoms with Gasteiger partial charge >= 0.3 is 0 Å². The van der Waals surface area contributed by atoms with Crippen molar-refractivity contribution in [1.82, 2.24) is 15.2 Å². The maximum atomic E-state index is 12.6. The van der Waals surface area contributed by atoms with Gasteiger partial charge in [0.2, 0.25) is 11.8 Å². The van der Waals surface area contributed by atoms with E-state index in [0.29, 0.717) is 18.9 Å². The standard InChI is InChI=1S/C21H27N3O2S/c1-15-5-3-4-6-18(15)13-20(26)24-11-8-17(9-12-24)21-23-19(14-27-21)7-10-22-16(2)25/h3-6,14,17H,7-13H2,1-2H3,(H,22,25). The summed E-state index contributed by atoms with van der Waals surface area (Å²) in [7, 11) is 0. The van der Waals surface area contributed by atoms with Crippen molar-refractivity contribution in [2.45, 2.75) is 45.4 Å². The fourth-order valence-electron chi connectivity index (χ4n) is 3.45. The summed E-state index contributed by atoms with van der Waals surface area (Å²) in [6.45, 7) is 5.82. The molecular weight excluding hydrogens is 358 g/mol. The molecule has 5 nitrogen and oxygen atoms in total. The van der Waals surface area contributed by atoms with Crippen molar-refractivity contribution in [3.63, 3.8) is 0 Å². The van der Waals surface area contributed by atoms with Crippen LogP contribution in [0.25, 0.3) is 0 Å². The van der Waals surface area contributed by atoms with Crippen molar-refractivity contribution in [3.8, 4) is 0 Å². The average molecular weight is 386 g/mol. The summed E-state index contributed by atoms with van der Waals surface area (Å²) < 4.78 is 0. The molecule has 0 bridgehead atoms. The number of piperidine rings is 1. The van der Waals surface area contributed by atoms with Crippen LogP contribution in [0.4, 0.5) is 0 Å². The molecule has 27 heavy (non-hydrogen) atoms. The SMILES string of the molecule is CC(=O)NCCc1csc(C2CCN(C(=O)Cc3ccccc3C)CC2)n1. The summed E-state index contributed by atoms with van der Waals surface area (Å²) >= 11 is 1.70. The number of carbonyl (C=O) groups excluding carboxylic acids is 2. The van der Waals surface area contributed by atoms with Crippen molar-refractivity contribution in [1.29, 1.82) is 0 Å². The molecule has 144 valence electrons. The van der Waals surface area contributed by atoms with Gasteiger partial charge in [0.1, 0.15) is 0 Å². The molecule has 2 amide bonds. The third kappa shape index (κ3) is 5.39. The molecule has 1 saturated heterocycles. The fourth-order valence-corrected chi connectivity index (χ4v) is 4.48. The Hall–Kier alpha value is -2.21. The fraction of sp³-hybridized carbons (Fsp3) is 0.476. The first-order chi connectivity index (χ1) is 13.0. The number of carbonyl (C=O) groups is 2. The first-order valence-corrected chi connectivity index (χ1v) is 10.4. The Morgan fingerprint density at radius 2 is 2.00 bits per heavy atom. The lowest BCUT2D eigenvalue weighted by Crippen LogP contribution is -2.38. The lowest BCUT2D eigenvalue weighted by molar-refractivity contribution is -0.131. The molecule has 3 rings (SSSR count). The van der Waals surface area contributed by atoms with Crippen LogP contribution in [0, 0.1) is 6.92 Å². The molecule has 0 atom stereocenters. The van der Waals surface area contributed by atoms with Gasteiger partial charge < -0.3 is 10.2 Å². The summed E-state index contributed by atoms with van der Waals surface area (Å²) in [5, 5.41) is 6.06. The quantitative estimate of drug-likeness (QED) is 0.831. The van der Waals surface area contributed by atoms with Crippen molar-refractivity contribution in [3.05, 3.63) is 51.5 Å². The number of thiazole rings is 1. The monoisotopic (exact) mass is 385 g/mol. The van der Waals surface area contributed by atoms with Gasteiger partial charge in [0, 0.05) is 44.3 Å². The van der Waals surface area contributed by atoms with E-state index in [1.165, 1.54) is 17.5 Å². The molecule has 0 spiro atoms. The molecular formula is C21H27N3O2S. The van der Waals surface area contributed by atoms with Crippen LogP contribution in [-0.2, 0) is 22.4 Å². The molecule has 6 heteroatoms. The molecule has 1 aromatic carbocycles. The van der Waals surface area contributed by atoms with E-state index < -0.39 is 0 Å². The Morgan fingerprint density at radius 3 is 2.70 bits per heavy atom. The van der Waals surface area contributed by atoms with Crippen LogP contribution in [-0.4, -0.2) is 41.3 Å². The molecule has 1 aromatic heterocycles. The highest BCUT2D eigenvalue weighted by Crippen LogP contribution is 2.30. The van der Waals surface area contributed by atoms with Gasteiger partial charge in [-0.15, -0.1) is 11.3 Å². The molecule has 0 radical (unpaired) electrons. The smallest absolute Gasteiger partial charge is 0.226 e. The first kappa shape index (κ1) is 19.5. The minimum absolute atomic E-state index is 0.00631. The van der Waals surface area contributed by atoms with E-state index in [4.69, 9.17) is 4.98 Å². The number of hydrogen-bond donors (Lipinski definition) is 1. The summed E-state index contributed by atoms with van der Waals surface area (Å²) in [4.78, 5) is 30.3. The predicted octanol–water partition coefficient (Wildman–Crippen LogP) is 3.08. The highest BCUT2D eigenvalue weighted by Gasteiger charge is 2.25. The Balaban J connectivity index is 1.48. The van der Waals surface area contributed by atoms with Crippen LogP contribution in [0.3, 0.4) is 0 Å². The summed E-state index contributed by atoms with van der Waals surface area (Å²) in [6, 6.07) is 8.10. The maximum absolute atomic E-state index is 12.6. The van der Waals surface area contributed by atoms with Crippen molar-refractivity contribution in [2.75, 3.05) is 19.6 Å². The Morgan fingerprint density at radius 1 is 1.26 bits per heavy atom. The van der Waals surface area contributed by atoms with E-state index in [0.717, 1.165) is 43.6 Å². The lowest BCUT2D eigenvalue weighted by atomic mass is 9.96. The number of amides is 2. The summed E-state index contributed by atoms with van der Waals surface area (Å²) in [5.41, 5.74) is 3.34. The zero-order chi connectivity index (χ0) is 19.2. The maximum Gasteiger partial charge on any atom is 0.226 e. The van der Waals surface area contributed by atoms with Crippen LogP contribution in [0.2, 0.25) is 0 Å². The van der Waals surface area contributed by atoms with Gasteiger partial charge in [0.15, 0.2) is 0 Å².